The van der Waals surface area contributed by atoms with Crippen LogP contribution in [0.15, 0.2) is 60.7 Å². The summed E-state index contributed by atoms with van der Waals surface area (Å²) < 4.78 is 8.08. The van der Waals surface area contributed by atoms with Crippen molar-refractivity contribution in [1.29, 1.82) is 0 Å². The van der Waals surface area contributed by atoms with Gasteiger partial charge in [0, 0.05) is 22.2 Å². The molecule has 0 N–H and O–H groups in total. The zero-order chi connectivity index (χ0) is 20.4. The molecule has 0 radical (unpaired) electrons. The van der Waals surface area contributed by atoms with E-state index in [0.29, 0.717) is 16.7 Å². The maximum absolute atomic E-state index is 6.46. The van der Waals surface area contributed by atoms with E-state index in [1.807, 2.05) is 55.5 Å². The third kappa shape index (κ3) is 4.37. The first-order valence-electron chi connectivity index (χ1n) is 9.32. The Balaban J connectivity index is 1.56. The summed E-state index contributed by atoms with van der Waals surface area (Å²) in [7, 11) is 0. The molecule has 3 aromatic carbocycles. The fraction of sp³-hybridized carbons (Fsp3) is 0.174. The first-order valence-corrected chi connectivity index (χ1v) is 10.5. The van der Waals surface area contributed by atoms with Crippen LogP contribution in [0.5, 0.6) is 5.75 Å². The molecular weight excluding hydrogens is 427 g/mol. The maximum Gasteiger partial charge on any atom is 0.142 e. The summed E-state index contributed by atoms with van der Waals surface area (Å²) in [5.41, 5.74) is 3.87. The van der Waals surface area contributed by atoms with E-state index in [0.717, 1.165) is 51.7 Å². The first-order chi connectivity index (χ1) is 14.0. The van der Waals surface area contributed by atoms with Crippen LogP contribution in [0.2, 0.25) is 15.1 Å². The molecule has 0 aliphatic rings. The Morgan fingerprint density at radius 2 is 1.76 bits per heavy atom. The second kappa shape index (κ2) is 8.66. The van der Waals surface area contributed by atoms with Crippen molar-refractivity contribution in [2.24, 2.45) is 0 Å². The van der Waals surface area contributed by atoms with Crippen LogP contribution in [0.25, 0.3) is 22.4 Å². The molecule has 0 aliphatic heterocycles. The number of nitrogens with zero attached hydrogens (tertiary/aromatic N) is 2. The standard InChI is InChI=1S/C23H19Cl3N2O/c1-15-13-17(8-10-19(15)25)29-12-4-11-28-22-6-3-2-5-21(22)27-23(28)18-9-7-16(24)14-20(18)26/h2-3,5-10,13-14H,4,11-12H2,1H3. The highest BCUT2D eigenvalue weighted by molar-refractivity contribution is 6.36. The Kier molecular flexibility index (Phi) is 6.00. The number of ether oxygens (including phenoxy) is 1. The first kappa shape index (κ1) is 20.1. The van der Waals surface area contributed by atoms with Gasteiger partial charge in [0.2, 0.25) is 0 Å². The van der Waals surface area contributed by atoms with Crippen molar-refractivity contribution in [2.45, 2.75) is 19.9 Å². The Bertz CT molecular complexity index is 1170. The molecule has 0 saturated carbocycles. The number of hydrogen-bond donors (Lipinski definition) is 0. The number of para-hydroxylation sites is 2. The van der Waals surface area contributed by atoms with E-state index >= 15 is 0 Å². The van der Waals surface area contributed by atoms with Gasteiger partial charge in [0.25, 0.3) is 0 Å². The molecule has 1 heterocycles. The summed E-state index contributed by atoms with van der Waals surface area (Å²) in [6.07, 6.45) is 0.820. The van der Waals surface area contributed by atoms with Crippen molar-refractivity contribution in [1.82, 2.24) is 9.55 Å². The van der Waals surface area contributed by atoms with E-state index in [1.165, 1.54) is 0 Å². The van der Waals surface area contributed by atoms with Gasteiger partial charge in [0.05, 0.1) is 22.7 Å². The Morgan fingerprint density at radius 1 is 0.931 bits per heavy atom. The molecule has 0 unspecified atom stereocenters. The van der Waals surface area contributed by atoms with Gasteiger partial charge in [-0.1, -0.05) is 46.9 Å². The highest BCUT2D eigenvalue weighted by atomic mass is 35.5. The van der Waals surface area contributed by atoms with Crippen LogP contribution in [-0.4, -0.2) is 16.2 Å². The number of rotatable bonds is 6. The lowest BCUT2D eigenvalue weighted by atomic mass is 10.2. The average molecular weight is 446 g/mol. The summed E-state index contributed by atoms with van der Waals surface area (Å²) >= 11 is 18.6. The molecule has 0 spiro atoms. The van der Waals surface area contributed by atoms with E-state index in [1.54, 1.807) is 6.07 Å². The number of hydrogen-bond acceptors (Lipinski definition) is 2. The van der Waals surface area contributed by atoms with Crippen molar-refractivity contribution in [3.63, 3.8) is 0 Å². The molecule has 1 aromatic heterocycles. The summed E-state index contributed by atoms with van der Waals surface area (Å²) in [6, 6.07) is 19.3. The van der Waals surface area contributed by atoms with Gasteiger partial charge in [0.15, 0.2) is 0 Å². The molecule has 4 rings (SSSR count). The lowest BCUT2D eigenvalue weighted by Gasteiger charge is -2.12. The molecule has 0 atom stereocenters. The van der Waals surface area contributed by atoms with Crippen LogP contribution < -0.4 is 4.74 Å². The highest BCUT2D eigenvalue weighted by Gasteiger charge is 2.15. The minimum absolute atomic E-state index is 0.585. The molecule has 29 heavy (non-hydrogen) atoms. The predicted molar refractivity (Wildman–Crippen MR) is 121 cm³/mol. The second-order valence-electron chi connectivity index (χ2n) is 6.81. The number of benzene rings is 3. The van der Waals surface area contributed by atoms with E-state index in [9.17, 15) is 0 Å². The summed E-state index contributed by atoms with van der Waals surface area (Å²) in [6.45, 7) is 3.30. The van der Waals surface area contributed by atoms with Crippen LogP contribution in [0.3, 0.4) is 0 Å². The van der Waals surface area contributed by atoms with Crippen LogP contribution in [0.4, 0.5) is 0 Å². The van der Waals surface area contributed by atoms with E-state index in [4.69, 9.17) is 44.5 Å². The topological polar surface area (TPSA) is 27.1 Å². The molecule has 0 fully saturated rings. The van der Waals surface area contributed by atoms with E-state index in [-0.39, 0.29) is 0 Å². The zero-order valence-corrected chi connectivity index (χ0v) is 18.1. The molecule has 0 bridgehead atoms. The van der Waals surface area contributed by atoms with Crippen molar-refractivity contribution in [3.8, 4) is 17.1 Å². The predicted octanol–water partition coefficient (Wildman–Crippen LogP) is 7.44. The summed E-state index contributed by atoms with van der Waals surface area (Å²) in [5.74, 6) is 1.65. The third-order valence-corrected chi connectivity index (χ3v) is 5.72. The molecule has 3 nitrogen and oxygen atoms in total. The van der Waals surface area contributed by atoms with Crippen molar-refractivity contribution >= 4 is 45.8 Å². The zero-order valence-electron chi connectivity index (χ0n) is 15.8. The van der Waals surface area contributed by atoms with Gasteiger partial charge in [-0.25, -0.2) is 4.98 Å². The minimum atomic E-state index is 0.585. The highest BCUT2D eigenvalue weighted by Crippen LogP contribution is 2.32. The van der Waals surface area contributed by atoms with Crippen LogP contribution in [0.1, 0.15) is 12.0 Å². The summed E-state index contributed by atoms with van der Waals surface area (Å²) in [5, 5.41) is 1.93. The van der Waals surface area contributed by atoms with E-state index < -0.39 is 0 Å². The van der Waals surface area contributed by atoms with Crippen molar-refractivity contribution in [2.75, 3.05) is 6.61 Å². The fourth-order valence-corrected chi connectivity index (χ4v) is 3.91. The van der Waals surface area contributed by atoms with Crippen molar-refractivity contribution < 1.29 is 4.74 Å². The van der Waals surface area contributed by atoms with Gasteiger partial charge in [0.1, 0.15) is 11.6 Å². The Hall–Kier alpha value is -2.20. The number of aromatic nitrogens is 2. The minimum Gasteiger partial charge on any atom is -0.494 e. The van der Waals surface area contributed by atoms with Crippen LogP contribution in [0, 0.1) is 6.92 Å². The van der Waals surface area contributed by atoms with Gasteiger partial charge < -0.3 is 9.30 Å². The fourth-order valence-electron chi connectivity index (χ4n) is 3.30. The Morgan fingerprint density at radius 3 is 2.55 bits per heavy atom. The largest absolute Gasteiger partial charge is 0.494 e. The van der Waals surface area contributed by atoms with Gasteiger partial charge in [-0.3, -0.25) is 0 Å². The van der Waals surface area contributed by atoms with E-state index in [2.05, 4.69) is 10.6 Å². The number of aryl methyl sites for hydroxylation is 2. The normalized spacial score (nSPS) is 11.2. The van der Waals surface area contributed by atoms with Gasteiger partial charge >= 0.3 is 0 Å². The second-order valence-corrected chi connectivity index (χ2v) is 8.06. The smallest absolute Gasteiger partial charge is 0.142 e. The average Bonchev–Trinajstić information content (AvgIpc) is 3.06. The molecule has 0 amide bonds. The maximum atomic E-state index is 6.46. The van der Waals surface area contributed by atoms with Gasteiger partial charge in [-0.2, -0.15) is 0 Å². The third-order valence-electron chi connectivity index (χ3n) is 4.75. The molecule has 4 aromatic rings. The lowest BCUT2D eigenvalue weighted by molar-refractivity contribution is 0.302. The van der Waals surface area contributed by atoms with Gasteiger partial charge in [-0.15, -0.1) is 0 Å². The molecule has 0 saturated heterocycles. The monoisotopic (exact) mass is 444 g/mol. The number of fused-ring (bicyclic) bond motifs is 1. The van der Waals surface area contributed by atoms with Crippen LogP contribution in [-0.2, 0) is 6.54 Å². The SMILES string of the molecule is Cc1cc(OCCCn2c(-c3ccc(Cl)cc3Cl)nc3ccccc32)ccc1Cl. The lowest BCUT2D eigenvalue weighted by Crippen LogP contribution is -2.06. The molecular formula is C23H19Cl3N2O. The Labute approximate surface area is 184 Å². The van der Waals surface area contributed by atoms with Gasteiger partial charge in [-0.05, 0) is 67.4 Å². The number of imidazole rings is 1. The summed E-state index contributed by atoms with van der Waals surface area (Å²) in [4.78, 5) is 4.81. The van der Waals surface area contributed by atoms with Crippen molar-refractivity contribution in [3.05, 3.63) is 81.3 Å². The molecule has 148 valence electrons. The molecule has 0 aliphatic carbocycles. The number of halogens is 3. The van der Waals surface area contributed by atoms with Crippen LogP contribution >= 0.6 is 34.8 Å². The molecule has 6 heteroatoms. The quantitative estimate of drug-likeness (QED) is 0.288.